The lowest BCUT2D eigenvalue weighted by atomic mass is 10.1. The Hall–Kier alpha value is -1.55. The van der Waals surface area contributed by atoms with E-state index in [4.69, 9.17) is 21.3 Å². The quantitative estimate of drug-likeness (QED) is 0.515. The molecule has 0 aliphatic carbocycles. The summed E-state index contributed by atoms with van der Waals surface area (Å²) in [4.78, 5) is 12.2. The fourth-order valence-electron chi connectivity index (χ4n) is 1.66. The van der Waals surface area contributed by atoms with Crippen LogP contribution in [-0.4, -0.2) is 5.91 Å². The van der Waals surface area contributed by atoms with E-state index in [1.54, 1.807) is 31.2 Å². The zero-order valence-corrected chi connectivity index (χ0v) is 15.2. The van der Waals surface area contributed by atoms with Gasteiger partial charge in [-0.3, -0.25) is 4.79 Å². The molecule has 0 radical (unpaired) electrons. The van der Waals surface area contributed by atoms with E-state index in [2.05, 4.69) is 37.2 Å². The zero-order valence-electron chi connectivity index (χ0n) is 11.3. The minimum absolute atomic E-state index is 0.0758. The SMILES string of the molecule is Cc1c(Cl)cccc1NC(=O)/C(C#N)=C\c1cc(Br)c(Br)o1. The lowest BCUT2D eigenvalue weighted by Crippen LogP contribution is -2.14. The summed E-state index contributed by atoms with van der Waals surface area (Å²) in [6, 6.07) is 8.68. The summed E-state index contributed by atoms with van der Waals surface area (Å²) in [6.07, 6.45) is 1.37. The van der Waals surface area contributed by atoms with E-state index < -0.39 is 5.91 Å². The van der Waals surface area contributed by atoms with Gasteiger partial charge in [-0.05, 0) is 62.5 Å². The first-order valence-electron chi connectivity index (χ1n) is 6.05. The molecule has 4 nitrogen and oxygen atoms in total. The van der Waals surface area contributed by atoms with Crippen molar-refractivity contribution in [1.82, 2.24) is 0 Å². The third-order valence-corrected chi connectivity index (χ3v) is 4.95. The van der Waals surface area contributed by atoms with Gasteiger partial charge in [-0.15, -0.1) is 0 Å². The van der Waals surface area contributed by atoms with Crippen LogP contribution in [0.2, 0.25) is 5.02 Å². The lowest BCUT2D eigenvalue weighted by Gasteiger charge is -2.08. The van der Waals surface area contributed by atoms with Gasteiger partial charge in [0.15, 0.2) is 4.67 Å². The molecule has 1 aromatic heterocycles. The number of halogens is 3. The normalized spacial score (nSPS) is 11.1. The number of furan rings is 1. The van der Waals surface area contributed by atoms with Crippen LogP contribution in [0, 0.1) is 18.3 Å². The lowest BCUT2D eigenvalue weighted by molar-refractivity contribution is -0.112. The molecule has 0 aliphatic heterocycles. The first-order valence-corrected chi connectivity index (χ1v) is 8.02. The highest BCUT2D eigenvalue weighted by atomic mass is 79.9. The number of carbonyl (C=O) groups is 1. The van der Waals surface area contributed by atoms with Crippen LogP contribution >= 0.6 is 43.5 Å². The number of nitrogens with zero attached hydrogens (tertiary/aromatic N) is 1. The van der Waals surface area contributed by atoms with Gasteiger partial charge < -0.3 is 9.73 Å². The number of nitrogens with one attached hydrogen (secondary N) is 1. The largest absolute Gasteiger partial charge is 0.449 e. The van der Waals surface area contributed by atoms with Gasteiger partial charge in [-0.2, -0.15) is 5.26 Å². The number of hydrogen-bond donors (Lipinski definition) is 1. The molecule has 22 heavy (non-hydrogen) atoms. The van der Waals surface area contributed by atoms with Gasteiger partial charge in [-0.25, -0.2) is 0 Å². The minimum atomic E-state index is -0.531. The Morgan fingerprint density at radius 1 is 1.45 bits per heavy atom. The number of anilines is 1. The predicted octanol–water partition coefficient (Wildman–Crippen LogP) is 5.31. The van der Waals surface area contributed by atoms with Crippen molar-refractivity contribution in [3.63, 3.8) is 0 Å². The molecule has 2 aromatic rings. The highest BCUT2D eigenvalue weighted by Crippen LogP contribution is 2.28. The molecule has 0 unspecified atom stereocenters. The summed E-state index contributed by atoms with van der Waals surface area (Å²) in [5.41, 5.74) is 1.21. The molecular weight excluding hydrogens is 435 g/mol. The number of hydrogen-bond acceptors (Lipinski definition) is 3. The van der Waals surface area contributed by atoms with Crippen LogP contribution in [0.4, 0.5) is 5.69 Å². The number of rotatable bonds is 3. The molecule has 0 aliphatic rings. The van der Waals surface area contributed by atoms with Gasteiger partial charge in [0, 0.05) is 16.8 Å². The van der Waals surface area contributed by atoms with Gasteiger partial charge in [0.05, 0.1) is 4.47 Å². The maximum atomic E-state index is 12.2. The van der Waals surface area contributed by atoms with Crippen molar-refractivity contribution in [2.75, 3.05) is 5.32 Å². The maximum absolute atomic E-state index is 12.2. The minimum Gasteiger partial charge on any atom is -0.449 e. The molecule has 0 saturated heterocycles. The Morgan fingerprint density at radius 2 is 2.18 bits per heavy atom. The van der Waals surface area contributed by atoms with Crippen molar-refractivity contribution in [3.8, 4) is 6.07 Å². The molecule has 0 atom stereocenters. The number of amides is 1. The Kier molecular flexibility index (Phi) is 5.46. The fraction of sp³-hybridized carbons (Fsp3) is 0.0667. The van der Waals surface area contributed by atoms with E-state index in [1.165, 1.54) is 6.08 Å². The molecule has 1 N–H and O–H groups in total. The van der Waals surface area contributed by atoms with Crippen LogP contribution in [-0.2, 0) is 4.79 Å². The second-order valence-electron chi connectivity index (χ2n) is 4.31. The molecular formula is C15H9Br2ClN2O2. The second-order valence-corrected chi connectivity index (χ2v) is 6.29. The molecule has 0 spiro atoms. The van der Waals surface area contributed by atoms with Gasteiger partial charge in [0.2, 0.25) is 0 Å². The first-order chi connectivity index (χ1) is 10.4. The highest BCUT2D eigenvalue weighted by Gasteiger charge is 2.13. The topological polar surface area (TPSA) is 66.0 Å². The first kappa shape index (κ1) is 16.8. The molecule has 1 amide bonds. The molecule has 0 fully saturated rings. The third kappa shape index (κ3) is 3.80. The molecule has 0 bridgehead atoms. The van der Waals surface area contributed by atoms with Gasteiger partial charge >= 0.3 is 0 Å². The number of benzene rings is 1. The molecule has 0 saturated carbocycles. The smallest absolute Gasteiger partial charge is 0.266 e. The van der Waals surface area contributed by atoms with Crippen molar-refractivity contribution < 1.29 is 9.21 Å². The van der Waals surface area contributed by atoms with E-state index in [1.807, 2.05) is 6.07 Å². The predicted molar refractivity (Wildman–Crippen MR) is 92.5 cm³/mol. The monoisotopic (exact) mass is 442 g/mol. The molecule has 1 heterocycles. The summed E-state index contributed by atoms with van der Waals surface area (Å²) in [6.45, 7) is 1.79. The molecule has 1 aromatic carbocycles. The molecule has 7 heteroatoms. The van der Waals surface area contributed by atoms with Crippen molar-refractivity contribution in [1.29, 1.82) is 5.26 Å². The van der Waals surface area contributed by atoms with Crippen LogP contribution in [0.15, 0.2) is 43.4 Å². The summed E-state index contributed by atoms with van der Waals surface area (Å²) >= 11 is 12.5. The summed E-state index contributed by atoms with van der Waals surface area (Å²) in [7, 11) is 0. The van der Waals surface area contributed by atoms with E-state index in [-0.39, 0.29) is 5.57 Å². The van der Waals surface area contributed by atoms with Crippen molar-refractivity contribution in [2.24, 2.45) is 0 Å². The van der Waals surface area contributed by atoms with E-state index >= 15 is 0 Å². The second kappa shape index (κ2) is 7.14. The highest BCUT2D eigenvalue weighted by molar-refractivity contribution is 9.13. The van der Waals surface area contributed by atoms with Gasteiger partial charge in [-0.1, -0.05) is 17.7 Å². The van der Waals surface area contributed by atoms with Gasteiger partial charge in [0.25, 0.3) is 5.91 Å². The summed E-state index contributed by atoms with van der Waals surface area (Å²) in [5.74, 6) is -0.148. The van der Waals surface area contributed by atoms with Crippen LogP contribution in [0.25, 0.3) is 6.08 Å². The average Bonchev–Trinajstić information content (AvgIpc) is 2.79. The van der Waals surface area contributed by atoms with Crippen LogP contribution < -0.4 is 5.32 Å². The Balaban J connectivity index is 2.26. The number of nitriles is 1. The van der Waals surface area contributed by atoms with Gasteiger partial charge in [0.1, 0.15) is 17.4 Å². The summed E-state index contributed by atoms with van der Waals surface area (Å²) < 4.78 is 6.52. The maximum Gasteiger partial charge on any atom is 0.266 e. The standard InChI is InChI=1S/C15H9Br2ClN2O2/c1-8-12(18)3-2-4-13(8)20-15(21)9(7-19)5-10-6-11(16)14(17)22-10/h2-6H,1H3,(H,20,21)/b9-5-. The fourth-order valence-corrected chi connectivity index (χ4v) is 2.44. The Labute approximate surface area is 149 Å². The Bertz CT molecular complexity index is 787. The zero-order chi connectivity index (χ0) is 16.3. The van der Waals surface area contributed by atoms with Crippen LogP contribution in [0.5, 0.6) is 0 Å². The van der Waals surface area contributed by atoms with E-state index in [0.29, 0.717) is 25.6 Å². The van der Waals surface area contributed by atoms with E-state index in [9.17, 15) is 4.79 Å². The third-order valence-electron chi connectivity index (χ3n) is 2.83. The Morgan fingerprint density at radius 3 is 2.77 bits per heavy atom. The van der Waals surface area contributed by atoms with E-state index in [0.717, 1.165) is 5.56 Å². The van der Waals surface area contributed by atoms with Crippen molar-refractivity contribution >= 4 is 61.1 Å². The van der Waals surface area contributed by atoms with Crippen molar-refractivity contribution in [2.45, 2.75) is 6.92 Å². The average molecular weight is 445 g/mol. The summed E-state index contributed by atoms with van der Waals surface area (Å²) in [5, 5.41) is 12.4. The number of carbonyl (C=O) groups excluding carboxylic acids is 1. The van der Waals surface area contributed by atoms with Crippen molar-refractivity contribution in [3.05, 3.63) is 55.3 Å². The van der Waals surface area contributed by atoms with Crippen LogP contribution in [0.3, 0.4) is 0 Å². The molecule has 2 rings (SSSR count). The molecule has 112 valence electrons. The van der Waals surface area contributed by atoms with Crippen LogP contribution in [0.1, 0.15) is 11.3 Å².